The van der Waals surface area contributed by atoms with Gasteiger partial charge in [-0.15, -0.1) is 11.3 Å². The van der Waals surface area contributed by atoms with Gasteiger partial charge in [0.15, 0.2) is 11.6 Å². The second-order valence-electron chi connectivity index (χ2n) is 3.02. The number of esters is 1. The van der Waals surface area contributed by atoms with Crippen LogP contribution in [0.4, 0.5) is 0 Å². The van der Waals surface area contributed by atoms with Gasteiger partial charge in [-0.3, -0.25) is 4.79 Å². The Hall–Kier alpha value is -2.27. The Balaban J connectivity index is 2.97. The van der Waals surface area contributed by atoms with Crippen molar-refractivity contribution in [2.75, 3.05) is 6.61 Å². The van der Waals surface area contributed by atoms with Gasteiger partial charge in [0, 0.05) is 5.38 Å². The quantitative estimate of drug-likeness (QED) is 0.613. The van der Waals surface area contributed by atoms with Crippen molar-refractivity contribution < 1.29 is 24.2 Å². The number of carbonyl (C=O) groups excluding carboxylic acids is 2. The lowest BCUT2D eigenvalue weighted by atomic mass is 10.1. The molecule has 94 valence electrons. The Morgan fingerprint density at radius 1 is 1.61 bits per heavy atom. The van der Waals surface area contributed by atoms with Crippen LogP contribution in [0, 0.1) is 11.3 Å². The third kappa shape index (κ3) is 2.89. The smallest absolute Gasteiger partial charge is 0.374 e. The summed E-state index contributed by atoms with van der Waals surface area (Å²) in [5, 5.41) is 18.6. The van der Waals surface area contributed by atoms with Gasteiger partial charge in [-0.25, -0.2) is 14.6 Å². The van der Waals surface area contributed by atoms with Crippen molar-refractivity contribution >= 4 is 29.1 Å². The Morgan fingerprint density at radius 2 is 2.28 bits per heavy atom. The van der Waals surface area contributed by atoms with E-state index >= 15 is 0 Å². The molecule has 0 radical (unpaired) electrons. The van der Waals surface area contributed by atoms with Gasteiger partial charge in [0.25, 0.3) is 5.78 Å². The highest BCUT2D eigenvalue weighted by Gasteiger charge is 2.29. The van der Waals surface area contributed by atoms with Crippen LogP contribution < -0.4 is 0 Å². The molecule has 0 fully saturated rings. The highest BCUT2D eigenvalue weighted by molar-refractivity contribution is 7.10. The summed E-state index contributed by atoms with van der Waals surface area (Å²) in [6, 6.07) is 1.55. The zero-order chi connectivity index (χ0) is 13.7. The molecule has 0 bridgehead atoms. The fourth-order valence-corrected chi connectivity index (χ4v) is 1.90. The van der Waals surface area contributed by atoms with Crippen LogP contribution in [-0.2, 0) is 14.3 Å². The molecule has 0 aromatic carbocycles. The number of ketones is 1. The predicted molar refractivity (Wildman–Crippen MR) is 59.1 cm³/mol. The molecule has 18 heavy (non-hydrogen) atoms. The number of carboxylic acid groups (broad SMARTS) is 1. The molecule has 0 aliphatic heterocycles. The maximum atomic E-state index is 11.3. The van der Waals surface area contributed by atoms with Gasteiger partial charge in [-0.2, -0.15) is 5.26 Å². The van der Waals surface area contributed by atoms with Gasteiger partial charge in [0.05, 0.1) is 12.7 Å². The fraction of sp³-hybridized carbons (Fsp3) is 0.300. The van der Waals surface area contributed by atoms with E-state index in [1.54, 1.807) is 13.0 Å². The third-order valence-corrected chi connectivity index (χ3v) is 2.77. The number of ether oxygens (including phenoxy) is 1. The van der Waals surface area contributed by atoms with Crippen molar-refractivity contribution in [1.29, 1.82) is 5.26 Å². The van der Waals surface area contributed by atoms with Crippen LogP contribution in [-0.4, -0.2) is 34.4 Å². The molecule has 1 N–H and O–H groups in total. The lowest BCUT2D eigenvalue weighted by molar-refractivity contribution is -0.149. The van der Waals surface area contributed by atoms with E-state index in [-0.39, 0.29) is 17.3 Å². The number of hydrogen-bond donors (Lipinski definition) is 1. The van der Waals surface area contributed by atoms with Gasteiger partial charge in [-0.05, 0) is 6.92 Å². The molecule has 1 atom stereocenters. The molecule has 1 heterocycles. The monoisotopic (exact) mass is 268 g/mol. The number of Topliss-reactive ketones (excluding diaryl/α,β-unsaturated/α-hetero) is 1. The molecule has 0 spiro atoms. The van der Waals surface area contributed by atoms with Crippen molar-refractivity contribution in [3.8, 4) is 6.07 Å². The number of rotatable bonds is 5. The molecule has 1 aromatic heterocycles. The molecule has 0 aliphatic rings. The molecule has 0 saturated carbocycles. The number of nitriles is 1. The van der Waals surface area contributed by atoms with Gasteiger partial charge < -0.3 is 9.84 Å². The number of aromatic nitrogens is 1. The summed E-state index contributed by atoms with van der Waals surface area (Å²) in [5.41, 5.74) is -0.0460. The van der Waals surface area contributed by atoms with E-state index in [1.807, 2.05) is 0 Å². The molecule has 0 unspecified atom stereocenters. The zero-order valence-corrected chi connectivity index (χ0v) is 10.1. The number of carboxylic acids is 1. The highest BCUT2D eigenvalue weighted by Crippen LogP contribution is 2.21. The Bertz CT molecular complexity index is 531. The molecule has 1 rings (SSSR count). The second-order valence-corrected chi connectivity index (χ2v) is 3.91. The van der Waals surface area contributed by atoms with Gasteiger partial charge in [0.1, 0.15) is 5.01 Å². The van der Waals surface area contributed by atoms with E-state index in [0.29, 0.717) is 0 Å². The Labute approximate surface area is 106 Å². The predicted octanol–water partition coefficient (Wildman–Crippen LogP) is 0.581. The van der Waals surface area contributed by atoms with E-state index in [2.05, 4.69) is 9.72 Å². The normalized spacial score (nSPS) is 11.3. The lowest BCUT2D eigenvalue weighted by Crippen LogP contribution is -2.20. The van der Waals surface area contributed by atoms with Crippen molar-refractivity contribution in [2.24, 2.45) is 0 Å². The van der Waals surface area contributed by atoms with E-state index in [4.69, 9.17) is 10.4 Å². The summed E-state index contributed by atoms with van der Waals surface area (Å²) in [5.74, 6) is -5.17. The van der Waals surface area contributed by atoms with Crippen LogP contribution >= 0.6 is 11.3 Å². The number of carbonyl (C=O) groups is 3. The molecule has 0 amide bonds. The van der Waals surface area contributed by atoms with E-state index in [9.17, 15) is 14.4 Å². The molecule has 1 aromatic rings. The minimum Gasteiger partial charge on any atom is -0.475 e. The zero-order valence-electron chi connectivity index (χ0n) is 9.24. The third-order valence-electron chi connectivity index (χ3n) is 1.86. The number of thiazole rings is 1. The fourth-order valence-electron chi connectivity index (χ4n) is 1.07. The molecule has 0 saturated heterocycles. The van der Waals surface area contributed by atoms with Crippen LogP contribution in [0.15, 0.2) is 5.38 Å². The summed E-state index contributed by atoms with van der Waals surface area (Å²) in [6.45, 7) is 1.79. The SMILES string of the molecule is CCOC(=O)c1csc([C@H](C#N)C(=O)C(=O)O)n1. The maximum Gasteiger partial charge on any atom is 0.374 e. The first-order valence-electron chi connectivity index (χ1n) is 4.80. The summed E-state index contributed by atoms with van der Waals surface area (Å²) >= 11 is 0.864. The van der Waals surface area contributed by atoms with Crippen LogP contribution in [0.2, 0.25) is 0 Å². The first-order chi connectivity index (χ1) is 8.51. The van der Waals surface area contributed by atoms with Crippen LogP contribution in [0.1, 0.15) is 28.3 Å². The van der Waals surface area contributed by atoms with Crippen molar-refractivity contribution in [1.82, 2.24) is 4.98 Å². The van der Waals surface area contributed by atoms with Crippen molar-refractivity contribution in [3.63, 3.8) is 0 Å². The van der Waals surface area contributed by atoms with E-state index in [1.165, 1.54) is 5.38 Å². The van der Waals surface area contributed by atoms with Crippen LogP contribution in [0.3, 0.4) is 0 Å². The summed E-state index contributed by atoms with van der Waals surface area (Å²) < 4.78 is 4.68. The minimum atomic E-state index is -1.71. The Kier molecular flexibility index (Phi) is 4.51. The number of nitrogens with zero attached hydrogens (tertiary/aromatic N) is 2. The molecule has 8 heteroatoms. The largest absolute Gasteiger partial charge is 0.475 e. The summed E-state index contributed by atoms with van der Waals surface area (Å²) in [4.78, 5) is 36.8. The lowest BCUT2D eigenvalue weighted by Gasteiger charge is -2.00. The average molecular weight is 268 g/mol. The van der Waals surface area contributed by atoms with Crippen LogP contribution in [0.25, 0.3) is 0 Å². The van der Waals surface area contributed by atoms with Gasteiger partial charge in [0.2, 0.25) is 0 Å². The van der Waals surface area contributed by atoms with Gasteiger partial charge in [-0.1, -0.05) is 0 Å². The highest BCUT2D eigenvalue weighted by atomic mass is 32.1. The first kappa shape index (κ1) is 13.8. The molecular formula is C10H8N2O5S. The van der Waals surface area contributed by atoms with E-state index < -0.39 is 23.6 Å². The van der Waals surface area contributed by atoms with Crippen LogP contribution in [0.5, 0.6) is 0 Å². The minimum absolute atomic E-state index is 0.0343. The summed E-state index contributed by atoms with van der Waals surface area (Å²) in [7, 11) is 0. The maximum absolute atomic E-state index is 11.3. The standard InChI is InChI=1S/C10H8N2O5S/c1-2-17-10(16)6-4-18-8(12-6)5(3-11)7(13)9(14)15/h4-5H,2H2,1H3,(H,14,15)/t5-/m1/s1. The number of aliphatic carboxylic acids is 1. The molecule has 0 aliphatic carbocycles. The first-order valence-corrected chi connectivity index (χ1v) is 5.68. The molecule has 7 nitrogen and oxygen atoms in total. The Morgan fingerprint density at radius 3 is 2.78 bits per heavy atom. The van der Waals surface area contributed by atoms with E-state index in [0.717, 1.165) is 11.3 Å². The average Bonchev–Trinajstić information content (AvgIpc) is 2.79. The second kappa shape index (κ2) is 5.88. The van der Waals surface area contributed by atoms with Crippen molar-refractivity contribution in [3.05, 3.63) is 16.1 Å². The topological polar surface area (TPSA) is 117 Å². The number of hydrogen-bond acceptors (Lipinski definition) is 7. The summed E-state index contributed by atoms with van der Waals surface area (Å²) in [6.07, 6.45) is 0. The van der Waals surface area contributed by atoms with Gasteiger partial charge >= 0.3 is 11.9 Å². The molecular weight excluding hydrogens is 260 g/mol. The van der Waals surface area contributed by atoms with Crippen molar-refractivity contribution in [2.45, 2.75) is 12.8 Å².